The molecule has 0 rings (SSSR count). The van der Waals surface area contributed by atoms with Crippen LogP contribution in [0.3, 0.4) is 0 Å². The summed E-state index contributed by atoms with van der Waals surface area (Å²) in [4.78, 5) is 38.1. The van der Waals surface area contributed by atoms with Gasteiger partial charge in [-0.25, -0.2) is 0 Å². The maximum atomic E-state index is 12.8. The first-order chi connectivity index (χ1) is 35.5. The van der Waals surface area contributed by atoms with Gasteiger partial charge in [-0.3, -0.25) is 14.4 Å². The Morgan fingerprint density at radius 1 is 0.278 bits per heavy atom. The van der Waals surface area contributed by atoms with Crippen molar-refractivity contribution in [1.29, 1.82) is 0 Å². The molecular formula is C66H124O6. The van der Waals surface area contributed by atoms with E-state index in [1.807, 2.05) is 0 Å². The Kier molecular flexibility index (Phi) is 59.6. The van der Waals surface area contributed by atoms with Crippen molar-refractivity contribution in [1.82, 2.24) is 0 Å². The minimum Gasteiger partial charge on any atom is -0.462 e. The first kappa shape index (κ1) is 69.9. The lowest BCUT2D eigenvalue weighted by molar-refractivity contribution is -0.167. The van der Waals surface area contributed by atoms with Gasteiger partial charge in [0.25, 0.3) is 0 Å². The smallest absolute Gasteiger partial charge is 0.306 e. The number of ether oxygens (including phenoxy) is 3. The lowest BCUT2D eigenvalue weighted by Crippen LogP contribution is -2.30. The highest BCUT2D eigenvalue weighted by Crippen LogP contribution is 2.18. The monoisotopic (exact) mass is 1010 g/mol. The van der Waals surface area contributed by atoms with E-state index in [1.165, 1.54) is 244 Å². The number of hydrogen-bond acceptors (Lipinski definition) is 6. The highest BCUT2D eigenvalue weighted by molar-refractivity contribution is 5.71. The van der Waals surface area contributed by atoms with Gasteiger partial charge in [0.05, 0.1) is 0 Å². The maximum absolute atomic E-state index is 12.8. The van der Waals surface area contributed by atoms with E-state index in [0.29, 0.717) is 19.3 Å². The van der Waals surface area contributed by atoms with E-state index in [-0.39, 0.29) is 31.1 Å². The van der Waals surface area contributed by atoms with E-state index in [4.69, 9.17) is 14.2 Å². The Balaban J connectivity index is 4.04. The molecule has 0 heterocycles. The van der Waals surface area contributed by atoms with Crippen molar-refractivity contribution < 1.29 is 28.6 Å². The predicted octanol–water partition coefficient (Wildman–Crippen LogP) is 21.8. The average molecular weight is 1010 g/mol. The zero-order chi connectivity index (χ0) is 52.2. The molecule has 0 aliphatic carbocycles. The van der Waals surface area contributed by atoms with E-state index >= 15 is 0 Å². The largest absolute Gasteiger partial charge is 0.462 e. The average Bonchev–Trinajstić information content (AvgIpc) is 3.38. The van der Waals surface area contributed by atoms with Crippen LogP contribution in [0.5, 0.6) is 0 Å². The van der Waals surface area contributed by atoms with Crippen molar-refractivity contribution in [2.75, 3.05) is 13.2 Å². The van der Waals surface area contributed by atoms with Crippen molar-refractivity contribution in [3.8, 4) is 0 Å². The van der Waals surface area contributed by atoms with Crippen LogP contribution in [0.25, 0.3) is 0 Å². The minimum atomic E-state index is -0.773. The molecule has 424 valence electrons. The van der Waals surface area contributed by atoms with Crippen LogP contribution in [0, 0.1) is 0 Å². The Hall–Kier alpha value is -2.11. The summed E-state index contributed by atoms with van der Waals surface area (Å²) in [6.45, 7) is 6.64. The molecule has 0 aliphatic heterocycles. The molecule has 1 unspecified atom stereocenters. The van der Waals surface area contributed by atoms with Crippen LogP contribution in [-0.4, -0.2) is 37.2 Å². The van der Waals surface area contributed by atoms with E-state index in [9.17, 15) is 14.4 Å². The van der Waals surface area contributed by atoms with Gasteiger partial charge in [0, 0.05) is 19.3 Å². The highest BCUT2D eigenvalue weighted by atomic mass is 16.6. The van der Waals surface area contributed by atoms with E-state index < -0.39 is 6.10 Å². The molecule has 0 spiro atoms. The SMILES string of the molecule is CCCCC/C=C\C/C=C\CCCCCCCC(=O)OC(COC(=O)CCCCCCCCCCC)COC(=O)CCCCCCCCCCCCCCCCCCCCCCCCCCCCCCCC. The van der Waals surface area contributed by atoms with Gasteiger partial charge in [0.15, 0.2) is 6.10 Å². The zero-order valence-electron chi connectivity index (χ0n) is 48.7. The van der Waals surface area contributed by atoms with Gasteiger partial charge in [-0.15, -0.1) is 0 Å². The summed E-state index contributed by atoms with van der Waals surface area (Å²) in [7, 11) is 0. The lowest BCUT2D eigenvalue weighted by atomic mass is 10.0. The summed E-state index contributed by atoms with van der Waals surface area (Å²) < 4.78 is 16.9. The first-order valence-corrected chi connectivity index (χ1v) is 32.3. The quantitative estimate of drug-likeness (QED) is 0.0261. The lowest BCUT2D eigenvalue weighted by Gasteiger charge is -2.18. The van der Waals surface area contributed by atoms with Gasteiger partial charge in [0.2, 0.25) is 0 Å². The number of carbonyl (C=O) groups excluding carboxylic acids is 3. The van der Waals surface area contributed by atoms with E-state index in [0.717, 1.165) is 77.0 Å². The molecule has 0 aromatic heterocycles. The third-order valence-electron chi connectivity index (χ3n) is 14.7. The fourth-order valence-electron chi connectivity index (χ4n) is 9.83. The van der Waals surface area contributed by atoms with Gasteiger partial charge in [-0.1, -0.05) is 315 Å². The van der Waals surface area contributed by atoms with Crippen LogP contribution in [-0.2, 0) is 28.6 Å². The summed E-state index contributed by atoms with van der Waals surface area (Å²) in [6.07, 6.45) is 73.6. The van der Waals surface area contributed by atoms with Gasteiger partial charge in [-0.05, 0) is 51.4 Å². The van der Waals surface area contributed by atoms with E-state index in [2.05, 4.69) is 45.1 Å². The molecule has 0 saturated heterocycles. The van der Waals surface area contributed by atoms with Crippen molar-refractivity contribution in [3.63, 3.8) is 0 Å². The van der Waals surface area contributed by atoms with Crippen LogP contribution >= 0.6 is 0 Å². The summed E-state index contributed by atoms with van der Waals surface area (Å²) >= 11 is 0. The fourth-order valence-corrected chi connectivity index (χ4v) is 9.83. The molecule has 0 fully saturated rings. The van der Waals surface area contributed by atoms with Gasteiger partial charge in [-0.2, -0.15) is 0 Å². The number of esters is 3. The van der Waals surface area contributed by atoms with Crippen molar-refractivity contribution in [2.45, 2.75) is 367 Å². The van der Waals surface area contributed by atoms with Gasteiger partial charge >= 0.3 is 17.9 Å². The number of hydrogen-bond donors (Lipinski definition) is 0. The summed E-state index contributed by atoms with van der Waals surface area (Å²) in [5.74, 6) is -0.867. The molecule has 0 aromatic carbocycles. The van der Waals surface area contributed by atoms with Crippen molar-refractivity contribution in [3.05, 3.63) is 24.3 Å². The predicted molar refractivity (Wildman–Crippen MR) is 312 cm³/mol. The molecular weight excluding hydrogens is 889 g/mol. The molecule has 0 saturated carbocycles. The van der Waals surface area contributed by atoms with Gasteiger partial charge < -0.3 is 14.2 Å². The molecule has 0 aliphatic rings. The Bertz CT molecular complexity index is 1160. The molecule has 72 heavy (non-hydrogen) atoms. The highest BCUT2D eigenvalue weighted by Gasteiger charge is 2.19. The topological polar surface area (TPSA) is 78.9 Å². The molecule has 6 heteroatoms. The summed E-state index contributed by atoms with van der Waals surface area (Å²) in [5.41, 5.74) is 0. The number of allylic oxidation sites excluding steroid dienone is 4. The van der Waals surface area contributed by atoms with Crippen molar-refractivity contribution in [2.24, 2.45) is 0 Å². The second kappa shape index (κ2) is 61.4. The molecule has 0 N–H and O–H groups in total. The van der Waals surface area contributed by atoms with E-state index in [1.54, 1.807) is 0 Å². The second-order valence-corrected chi connectivity index (χ2v) is 22.0. The van der Waals surface area contributed by atoms with Crippen LogP contribution in [0.15, 0.2) is 24.3 Å². The third kappa shape index (κ3) is 58.8. The Labute approximate surface area is 449 Å². The van der Waals surface area contributed by atoms with Crippen molar-refractivity contribution >= 4 is 17.9 Å². The van der Waals surface area contributed by atoms with Crippen LogP contribution in [0.2, 0.25) is 0 Å². The Morgan fingerprint density at radius 3 is 0.792 bits per heavy atom. The van der Waals surface area contributed by atoms with Crippen LogP contribution in [0.4, 0.5) is 0 Å². The molecule has 0 bridgehead atoms. The standard InChI is InChI=1S/C66H124O6/c1-4-7-10-13-16-19-21-23-25-26-27-28-29-30-31-32-33-34-35-36-37-38-39-41-42-44-47-50-53-56-59-65(68)71-62-63(61-70-64(67)58-55-52-49-46-18-15-12-9-6-3)72-66(69)60-57-54-51-48-45-43-40-24-22-20-17-14-11-8-5-2/h17,20,24,40,63H,4-16,18-19,21-23,25-39,41-62H2,1-3H3/b20-17-,40-24-. The molecule has 1 atom stereocenters. The molecule has 0 amide bonds. The van der Waals surface area contributed by atoms with Crippen LogP contribution in [0.1, 0.15) is 361 Å². The molecule has 6 nitrogen and oxygen atoms in total. The van der Waals surface area contributed by atoms with Gasteiger partial charge in [0.1, 0.15) is 13.2 Å². The maximum Gasteiger partial charge on any atom is 0.306 e. The Morgan fingerprint density at radius 2 is 0.500 bits per heavy atom. The number of unbranched alkanes of at least 4 members (excludes halogenated alkanes) is 45. The normalized spacial score (nSPS) is 12.1. The summed E-state index contributed by atoms with van der Waals surface area (Å²) in [5, 5.41) is 0. The summed E-state index contributed by atoms with van der Waals surface area (Å²) in [6, 6.07) is 0. The number of carbonyl (C=O) groups is 3. The minimum absolute atomic E-state index is 0.0718. The fraction of sp³-hybridized carbons (Fsp3) is 0.894. The molecule has 0 aromatic rings. The van der Waals surface area contributed by atoms with Crippen LogP contribution < -0.4 is 0 Å². The first-order valence-electron chi connectivity index (χ1n) is 32.3. The third-order valence-corrected chi connectivity index (χ3v) is 14.7. The second-order valence-electron chi connectivity index (χ2n) is 22.0. The zero-order valence-corrected chi connectivity index (χ0v) is 48.7. The number of rotatable bonds is 60. The molecule has 0 radical (unpaired) electrons.